The molecule has 5 heteroatoms. The van der Waals surface area contributed by atoms with Gasteiger partial charge in [-0.1, -0.05) is 43.3 Å². The Morgan fingerprint density at radius 1 is 1.14 bits per heavy atom. The lowest BCUT2D eigenvalue weighted by Gasteiger charge is -2.20. The minimum Gasteiger partial charge on any atom is -0.490 e. The van der Waals surface area contributed by atoms with E-state index < -0.39 is 0 Å². The molecule has 1 N–H and O–H groups in total. The van der Waals surface area contributed by atoms with E-state index in [1.807, 2.05) is 38.1 Å². The lowest BCUT2D eigenvalue weighted by Crippen LogP contribution is -2.38. The molecule has 28 heavy (non-hydrogen) atoms. The van der Waals surface area contributed by atoms with Crippen LogP contribution in [0.4, 0.5) is 4.79 Å². The van der Waals surface area contributed by atoms with Crippen LogP contribution in [0.5, 0.6) is 5.75 Å². The van der Waals surface area contributed by atoms with Gasteiger partial charge in [-0.05, 0) is 43.5 Å². The van der Waals surface area contributed by atoms with Gasteiger partial charge in [-0.25, -0.2) is 4.79 Å². The summed E-state index contributed by atoms with van der Waals surface area (Å²) in [5.41, 5.74) is 3.11. The van der Waals surface area contributed by atoms with Crippen molar-refractivity contribution >= 4 is 17.0 Å². The molecule has 148 valence electrons. The van der Waals surface area contributed by atoms with E-state index in [1.165, 1.54) is 5.56 Å². The van der Waals surface area contributed by atoms with Crippen LogP contribution in [-0.2, 0) is 13.0 Å². The van der Waals surface area contributed by atoms with E-state index >= 15 is 0 Å². The number of ether oxygens (including phenoxy) is 1. The number of nitrogens with zero attached hydrogens (tertiary/aromatic N) is 1. The first-order valence-electron chi connectivity index (χ1n) is 9.76. The molecular weight excluding hydrogens is 352 g/mol. The summed E-state index contributed by atoms with van der Waals surface area (Å²) in [4.78, 5) is 14.3. The summed E-state index contributed by atoms with van der Waals surface area (Å²) < 4.78 is 11.6. The Balaban J connectivity index is 1.66. The molecule has 0 saturated carbocycles. The van der Waals surface area contributed by atoms with Crippen LogP contribution in [0, 0.1) is 0 Å². The van der Waals surface area contributed by atoms with E-state index in [1.54, 1.807) is 11.9 Å². The van der Waals surface area contributed by atoms with Crippen LogP contribution in [0.15, 0.2) is 52.9 Å². The van der Waals surface area contributed by atoms with E-state index in [9.17, 15) is 4.79 Å². The van der Waals surface area contributed by atoms with Gasteiger partial charge in [0.2, 0.25) is 0 Å². The monoisotopic (exact) mass is 380 g/mol. The number of para-hydroxylation sites is 1. The number of urea groups is 1. The van der Waals surface area contributed by atoms with Crippen molar-refractivity contribution < 1.29 is 13.9 Å². The Labute approximate surface area is 166 Å². The molecule has 1 atom stereocenters. The van der Waals surface area contributed by atoms with Gasteiger partial charge in [0.25, 0.3) is 0 Å². The first-order chi connectivity index (χ1) is 13.5. The maximum atomic E-state index is 12.6. The van der Waals surface area contributed by atoms with Crippen LogP contribution in [0.25, 0.3) is 11.0 Å². The second kappa shape index (κ2) is 8.83. The van der Waals surface area contributed by atoms with Crippen molar-refractivity contribution in [3.63, 3.8) is 0 Å². The number of hydrogen-bond acceptors (Lipinski definition) is 3. The third-order valence-electron chi connectivity index (χ3n) is 4.79. The molecule has 0 aliphatic heterocycles. The van der Waals surface area contributed by atoms with Crippen molar-refractivity contribution in [3.8, 4) is 5.75 Å². The normalized spacial score (nSPS) is 12.0. The maximum Gasteiger partial charge on any atom is 0.318 e. The van der Waals surface area contributed by atoms with Crippen molar-refractivity contribution in [3.05, 3.63) is 65.4 Å². The van der Waals surface area contributed by atoms with E-state index in [2.05, 4.69) is 36.5 Å². The number of benzene rings is 2. The van der Waals surface area contributed by atoms with Crippen LogP contribution in [0.1, 0.15) is 43.7 Å². The number of fused-ring (bicyclic) bond motifs is 1. The largest absolute Gasteiger partial charge is 0.490 e. The van der Waals surface area contributed by atoms with E-state index in [0.717, 1.165) is 23.1 Å². The molecule has 3 aromatic rings. The fraction of sp³-hybridized carbons (Fsp3) is 0.348. The molecule has 2 aromatic carbocycles. The maximum absolute atomic E-state index is 12.6. The van der Waals surface area contributed by atoms with Gasteiger partial charge >= 0.3 is 6.03 Å². The molecule has 2 amide bonds. The van der Waals surface area contributed by atoms with Crippen molar-refractivity contribution in [1.82, 2.24) is 10.2 Å². The molecule has 5 nitrogen and oxygen atoms in total. The van der Waals surface area contributed by atoms with E-state index in [4.69, 9.17) is 9.15 Å². The highest BCUT2D eigenvalue weighted by Crippen LogP contribution is 2.31. The third kappa shape index (κ3) is 4.47. The number of carbonyl (C=O) groups is 1. The Bertz CT molecular complexity index is 931. The summed E-state index contributed by atoms with van der Waals surface area (Å²) in [7, 11) is 1.79. The highest BCUT2D eigenvalue weighted by atomic mass is 16.5. The average molecular weight is 380 g/mol. The zero-order chi connectivity index (χ0) is 20.1. The van der Waals surface area contributed by atoms with Gasteiger partial charge in [-0.15, -0.1) is 0 Å². The summed E-state index contributed by atoms with van der Waals surface area (Å²) in [6.07, 6.45) is 1.01. The van der Waals surface area contributed by atoms with Gasteiger partial charge in [0.15, 0.2) is 11.3 Å². The number of rotatable bonds is 7. The predicted octanol–water partition coefficient (Wildman–Crippen LogP) is 5.30. The number of nitrogens with one attached hydrogen (secondary N) is 1. The summed E-state index contributed by atoms with van der Waals surface area (Å²) >= 11 is 0. The summed E-state index contributed by atoms with van der Waals surface area (Å²) in [5, 5.41) is 3.97. The second-order valence-corrected chi connectivity index (χ2v) is 6.95. The molecule has 0 bridgehead atoms. The Morgan fingerprint density at radius 2 is 1.86 bits per heavy atom. The molecule has 0 radical (unpaired) electrons. The van der Waals surface area contributed by atoms with Gasteiger partial charge in [-0.3, -0.25) is 0 Å². The number of hydrogen-bond donors (Lipinski definition) is 1. The number of amides is 2. The summed E-state index contributed by atoms with van der Waals surface area (Å²) in [6, 6.07) is 15.7. The van der Waals surface area contributed by atoms with Gasteiger partial charge in [0.1, 0.15) is 5.76 Å². The molecule has 0 saturated heterocycles. The van der Waals surface area contributed by atoms with Gasteiger partial charge < -0.3 is 19.4 Å². The van der Waals surface area contributed by atoms with Crippen molar-refractivity contribution in [2.24, 2.45) is 0 Å². The van der Waals surface area contributed by atoms with Crippen LogP contribution >= 0.6 is 0 Å². The minimum atomic E-state index is -0.251. The number of furan rings is 1. The molecule has 3 rings (SSSR count). The molecule has 0 fully saturated rings. The van der Waals surface area contributed by atoms with Crippen LogP contribution in [-0.4, -0.2) is 24.6 Å². The topological polar surface area (TPSA) is 54.7 Å². The molecule has 1 aromatic heterocycles. The van der Waals surface area contributed by atoms with Crippen LogP contribution in [0.3, 0.4) is 0 Å². The SMILES string of the molecule is CCOc1cccc2cc(C(C)NC(=O)N(C)Cc3ccc(CC)cc3)oc12. The standard InChI is InChI=1S/C23H28N2O3/c1-5-17-10-12-18(13-11-17)15-25(4)23(26)24-16(3)21-14-19-8-7-9-20(27-6-2)22(19)28-21/h7-14,16H,5-6,15H2,1-4H3,(H,24,26). The quantitative estimate of drug-likeness (QED) is 0.605. The summed E-state index contributed by atoms with van der Waals surface area (Å²) in [6.45, 7) is 7.12. The number of carbonyl (C=O) groups excluding carboxylic acids is 1. The van der Waals surface area contributed by atoms with Gasteiger partial charge in [-0.2, -0.15) is 0 Å². The minimum absolute atomic E-state index is 0.141. The number of aryl methyl sites for hydroxylation is 1. The van der Waals surface area contributed by atoms with Crippen LogP contribution in [0.2, 0.25) is 0 Å². The lowest BCUT2D eigenvalue weighted by atomic mass is 10.1. The first kappa shape index (κ1) is 19.8. The smallest absolute Gasteiger partial charge is 0.318 e. The van der Waals surface area contributed by atoms with Crippen molar-refractivity contribution in [1.29, 1.82) is 0 Å². The molecule has 0 aliphatic carbocycles. The Morgan fingerprint density at radius 3 is 2.54 bits per heavy atom. The highest BCUT2D eigenvalue weighted by molar-refractivity contribution is 5.84. The zero-order valence-corrected chi connectivity index (χ0v) is 17.0. The third-order valence-corrected chi connectivity index (χ3v) is 4.79. The highest BCUT2D eigenvalue weighted by Gasteiger charge is 2.18. The molecular formula is C23H28N2O3. The second-order valence-electron chi connectivity index (χ2n) is 6.95. The first-order valence-corrected chi connectivity index (χ1v) is 9.76. The molecule has 0 aliphatic rings. The average Bonchev–Trinajstić information content (AvgIpc) is 3.14. The Kier molecular flexibility index (Phi) is 6.24. The molecule has 0 spiro atoms. The van der Waals surface area contributed by atoms with Crippen LogP contribution < -0.4 is 10.1 Å². The lowest BCUT2D eigenvalue weighted by molar-refractivity contribution is 0.202. The fourth-order valence-electron chi connectivity index (χ4n) is 3.13. The fourth-order valence-corrected chi connectivity index (χ4v) is 3.13. The van der Waals surface area contributed by atoms with Crippen molar-refractivity contribution in [2.45, 2.75) is 39.8 Å². The predicted molar refractivity (Wildman–Crippen MR) is 112 cm³/mol. The van der Waals surface area contributed by atoms with Crippen molar-refractivity contribution in [2.75, 3.05) is 13.7 Å². The Hall–Kier alpha value is -2.95. The zero-order valence-electron chi connectivity index (χ0n) is 17.0. The molecule has 1 unspecified atom stereocenters. The van der Waals surface area contributed by atoms with E-state index in [0.29, 0.717) is 24.5 Å². The van der Waals surface area contributed by atoms with Gasteiger partial charge in [0.05, 0.1) is 12.6 Å². The molecule has 1 heterocycles. The van der Waals surface area contributed by atoms with E-state index in [-0.39, 0.29) is 12.1 Å². The summed E-state index contributed by atoms with van der Waals surface area (Å²) in [5.74, 6) is 1.42. The van der Waals surface area contributed by atoms with Gasteiger partial charge in [0, 0.05) is 19.0 Å².